The predicted octanol–water partition coefficient (Wildman–Crippen LogP) is 6.33. The van der Waals surface area contributed by atoms with Gasteiger partial charge in [0.1, 0.15) is 17.0 Å². The van der Waals surface area contributed by atoms with Crippen molar-refractivity contribution in [3.63, 3.8) is 0 Å². The molecule has 0 unspecified atom stereocenters. The Bertz CT molecular complexity index is 1220. The standard InChI is InChI=1S/C26H27N3O/c1-17(2)18(3)29(4)26(19-11-6-5-7-12-19)28-25(27)21-14-10-16-23-24(21)20-13-8-9-15-22(20)30-23/h5-18,27H,1-4H3/b27-25?,28-26-/t18-/m1/s1. The fourth-order valence-corrected chi connectivity index (χ4v) is 3.71. The van der Waals surface area contributed by atoms with Crippen molar-refractivity contribution in [2.24, 2.45) is 10.9 Å². The molecule has 3 aromatic carbocycles. The van der Waals surface area contributed by atoms with Crippen LogP contribution in [-0.2, 0) is 0 Å². The number of nitrogens with one attached hydrogen (secondary N) is 1. The van der Waals surface area contributed by atoms with E-state index in [1.54, 1.807) is 0 Å². The molecule has 4 aromatic rings. The number of para-hydroxylation sites is 1. The van der Waals surface area contributed by atoms with Crippen LogP contribution in [0.25, 0.3) is 21.9 Å². The number of fused-ring (bicyclic) bond motifs is 3. The summed E-state index contributed by atoms with van der Waals surface area (Å²) in [6.45, 7) is 6.60. The topological polar surface area (TPSA) is 52.6 Å². The number of rotatable bonds is 4. The van der Waals surface area contributed by atoms with Gasteiger partial charge in [0.15, 0.2) is 5.84 Å². The van der Waals surface area contributed by atoms with Gasteiger partial charge in [0, 0.05) is 35.0 Å². The second kappa shape index (κ2) is 8.15. The lowest BCUT2D eigenvalue weighted by molar-refractivity contribution is 0.310. The van der Waals surface area contributed by atoms with Crippen molar-refractivity contribution in [2.45, 2.75) is 26.8 Å². The van der Waals surface area contributed by atoms with Crippen LogP contribution in [0.1, 0.15) is 31.9 Å². The van der Waals surface area contributed by atoms with Crippen LogP contribution < -0.4 is 0 Å². The number of benzene rings is 3. The molecule has 1 N–H and O–H groups in total. The lowest BCUT2D eigenvalue weighted by atomic mass is 10.0. The first-order valence-corrected chi connectivity index (χ1v) is 10.3. The molecule has 0 saturated heterocycles. The van der Waals surface area contributed by atoms with E-state index < -0.39 is 0 Å². The van der Waals surface area contributed by atoms with Crippen LogP contribution in [0.5, 0.6) is 0 Å². The minimum atomic E-state index is 0.230. The summed E-state index contributed by atoms with van der Waals surface area (Å²) in [5.74, 6) is 1.49. The maximum absolute atomic E-state index is 8.89. The smallest absolute Gasteiger partial charge is 0.154 e. The normalized spacial score (nSPS) is 13.2. The molecule has 0 aliphatic rings. The van der Waals surface area contributed by atoms with E-state index >= 15 is 0 Å². The number of hydrogen-bond donors (Lipinski definition) is 1. The minimum Gasteiger partial charge on any atom is -0.456 e. The van der Waals surface area contributed by atoms with E-state index in [0.717, 1.165) is 38.9 Å². The molecule has 0 radical (unpaired) electrons. The van der Waals surface area contributed by atoms with E-state index in [2.05, 4.69) is 32.7 Å². The van der Waals surface area contributed by atoms with Crippen molar-refractivity contribution in [3.8, 4) is 0 Å². The third-order valence-corrected chi connectivity index (χ3v) is 5.82. The van der Waals surface area contributed by atoms with Gasteiger partial charge in [-0.15, -0.1) is 0 Å². The zero-order valence-corrected chi connectivity index (χ0v) is 17.9. The largest absolute Gasteiger partial charge is 0.456 e. The SMILES string of the molecule is CC(C)[C@@H](C)N(C)/C(=N\C(=N)c1cccc2oc3ccccc3c12)c1ccccc1. The summed E-state index contributed by atoms with van der Waals surface area (Å²) in [5.41, 5.74) is 3.38. The van der Waals surface area contributed by atoms with Gasteiger partial charge in [0.25, 0.3) is 0 Å². The Morgan fingerprint density at radius 1 is 0.867 bits per heavy atom. The maximum atomic E-state index is 8.89. The predicted molar refractivity (Wildman–Crippen MR) is 126 cm³/mol. The molecule has 0 spiro atoms. The van der Waals surface area contributed by atoms with Crippen molar-refractivity contribution >= 4 is 33.6 Å². The summed E-state index contributed by atoms with van der Waals surface area (Å²) in [6.07, 6.45) is 0. The Labute approximate surface area is 177 Å². The van der Waals surface area contributed by atoms with E-state index in [-0.39, 0.29) is 11.9 Å². The van der Waals surface area contributed by atoms with Crippen LogP contribution in [0.15, 0.2) is 82.2 Å². The summed E-state index contributed by atoms with van der Waals surface area (Å²) < 4.78 is 5.99. The van der Waals surface area contributed by atoms with Crippen LogP contribution in [0.2, 0.25) is 0 Å². The molecule has 1 aromatic heterocycles. The van der Waals surface area contributed by atoms with Gasteiger partial charge < -0.3 is 9.32 Å². The van der Waals surface area contributed by atoms with Gasteiger partial charge in [-0.1, -0.05) is 74.5 Å². The number of furan rings is 1. The molecule has 0 amide bonds. The quantitative estimate of drug-likeness (QED) is 0.323. The molecule has 0 bridgehead atoms. The highest BCUT2D eigenvalue weighted by molar-refractivity contribution is 6.20. The van der Waals surface area contributed by atoms with Crippen molar-refractivity contribution in [2.75, 3.05) is 7.05 Å². The van der Waals surface area contributed by atoms with Gasteiger partial charge >= 0.3 is 0 Å². The molecule has 0 aliphatic carbocycles. The van der Waals surface area contributed by atoms with Crippen molar-refractivity contribution in [1.29, 1.82) is 5.41 Å². The van der Waals surface area contributed by atoms with Crippen LogP contribution >= 0.6 is 0 Å². The zero-order chi connectivity index (χ0) is 21.3. The molecular formula is C26H27N3O. The number of aliphatic imine (C=N–C) groups is 1. The second-order valence-electron chi connectivity index (χ2n) is 8.02. The first-order chi connectivity index (χ1) is 14.5. The van der Waals surface area contributed by atoms with Crippen molar-refractivity contribution in [1.82, 2.24) is 4.90 Å². The van der Waals surface area contributed by atoms with E-state index in [0.29, 0.717) is 5.92 Å². The highest BCUT2D eigenvalue weighted by Crippen LogP contribution is 2.31. The lowest BCUT2D eigenvalue weighted by Gasteiger charge is -2.31. The zero-order valence-electron chi connectivity index (χ0n) is 17.9. The summed E-state index contributed by atoms with van der Waals surface area (Å²) in [5, 5.41) is 10.8. The molecular weight excluding hydrogens is 370 g/mol. The molecule has 0 aliphatic heterocycles. The molecule has 152 valence electrons. The van der Waals surface area contributed by atoms with Crippen LogP contribution in [0, 0.1) is 11.3 Å². The van der Waals surface area contributed by atoms with Crippen molar-refractivity contribution in [3.05, 3.63) is 83.9 Å². The van der Waals surface area contributed by atoms with Crippen LogP contribution in [-0.4, -0.2) is 29.7 Å². The molecule has 4 rings (SSSR count). The Morgan fingerprint density at radius 3 is 2.27 bits per heavy atom. The fraction of sp³-hybridized carbons (Fsp3) is 0.231. The minimum absolute atomic E-state index is 0.230. The molecule has 4 heteroatoms. The second-order valence-corrected chi connectivity index (χ2v) is 8.02. The van der Waals surface area contributed by atoms with E-state index in [1.165, 1.54) is 0 Å². The summed E-state index contributed by atoms with van der Waals surface area (Å²) in [7, 11) is 2.05. The Kier molecular flexibility index (Phi) is 5.40. The van der Waals surface area contributed by atoms with Crippen LogP contribution in [0.3, 0.4) is 0 Å². The van der Waals surface area contributed by atoms with Crippen LogP contribution in [0.4, 0.5) is 0 Å². The monoisotopic (exact) mass is 397 g/mol. The average Bonchev–Trinajstić information content (AvgIpc) is 3.15. The summed E-state index contributed by atoms with van der Waals surface area (Å²) in [4.78, 5) is 7.01. The Balaban J connectivity index is 1.86. The van der Waals surface area contributed by atoms with E-state index in [1.807, 2.05) is 72.8 Å². The van der Waals surface area contributed by atoms with E-state index in [9.17, 15) is 0 Å². The van der Waals surface area contributed by atoms with Gasteiger partial charge in [0.2, 0.25) is 0 Å². The number of hydrogen-bond acceptors (Lipinski definition) is 2. The van der Waals surface area contributed by atoms with Gasteiger partial charge in [-0.25, -0.2) is 4.99 Å². The Hall–Kier alpha value is -3.40. The summed E-state index contributed by atoms with van der Waals surface area (Å²) in [6, 6.07) is 24.1. The lowest BCUT2D eigenvalue weighted by Crippen LogP contribution is -2.39. The third-order valence-electron chi connectivity index (χ3n) is 5.82. The number of amidine groups is 2. The van der Waals surface area contributed by atoms with E-state index in [4.69, 9.17) is 14.8 Å². The maximum Gasteiger partial charge on any atom is 0.154 e. The number of nitrogens with zero attached hydrogens (tertiary/aromatic N) is 2. The molecule has 30 heavy (non-hydrogen) atoms. The molecule has 0 saturated carbocycles. The highest BCUT2D eigenvalue weighted by atomic mass is 16.3. The molecule has 0 fully saturated rings. The van der Waals surface area contributed by atoms with Gasteiger partial charge in [-0.05, 0) is 25.0 Å². The summed E-state index contributed by atoms with van der Waals surface area (Å²) >= 11 is 0. The third kappa shape index (κ3) is 3.61. The Morgan fingerprint density at radius 2 is 1.53 bits per heavy atom. The highest BCUT2D eigenvalue weighted by Gasteiger charge is 2.20. The average molecular weight is 398 g/mol. The molecule has 1 heterocycles. The fourth-order valence-electron chi connectivity index (χ4n) is 3.71. The van der Waals surface area contributed by atoms with Gasteiger partial charge in [-0.3, -0.25) is 5.41 Å². The van der Waals surface area contributed by atoms with Gasteiger partial charge in [0.05, 0.1) is 0 Å². The first kappa shape index (κ1) is 19.9. The van der Waals surface area contributed by atoms with Crippen molar-refractivity contribution < 1.29 is 4.42 Å². The van der Waals surface area contributed by atoms with Gasteiger partial charge in [-0.2, -0.15) is 0 Å². The molecule has 1 atom stereocenters. The first-order valence-electron chi connectivity index (χ1n) is 10.3. The molecule has 4 nitrogen and oxygen atoms in total.